The molecule has 0 aromatic heterocycles. The zero-order chi connectivity index (χ0) is 13.3. The zero-order valence-corrected chi connectivity index (χ0v) is 10.4. The van der Waals surface area contributed by atoms with Crippen LogP contribution >= 0.6 is 0 Å². The summed E-state index contributed by atoms with van der Waals surface area (Å²) in [5, 5.41) is 0. The first-order valence-electron chi connectivity index (χ1n) is 5.49. The van der Waals surface area contributed by atoms with Gasteiger partial charge in [0, 0.05) is 6.54 Å². The Morgan fingerprint density at radius 1 is 1.44 bits per heavy atom. The van der Waals surface area contributed by atoms with E-state index in [-0.39, 0.29) is 11.4 Å². The molecule has 1 amide bonds. The van der Waals surface area contributed by atoms with Gasteiger partial charge in [0.25, 0.3) is 0 Å². The number of primary amides is 1. The summed E-state index contributed by atoms with van der Waals surface area (Å²) in [7, 11) is -3.86. The maximum absolute atomic E-state index is 13.1. The van der Waals surface area contributed by atoms with Gasteiger partial charge >= 0.3 is 0 Å². The summed E-state index contributed by atoms with van der Waals surface area (Å²) in [4.78, 5) is 11.0. The van der Waals surface area contributed by atoms with Crippen molar-refractivity contribution in [3.8, 4) is 0 Å². The standard InChI is InChI=1S/C11H13FN2O3S/c12-8-3-1-4-9(7-8)18(16,17)14-6-2-5-10(14)11(13)15/h1,3-4,7,10H,2,5-6H2,(H2,13,15). The molecular formula is C11H13FN2O3S. The van der Waals surface area contributed by atoms with Crippen molar-refractivity contribution in [2.45, 2.75) is 23.8 Å². The molecule has 1 fully saturated rings. The van der Waals surface area contributed by atoms with E-state index >= 15 is 0 Å². The molecule has 2 rings (SSSR count). The Balaban J connectivity index is 2.40. The molecule has 0 aliphatic carbocycles. The minimum Gasteiger partial charge on any atom is -0.368 e. The highest BCUT2D eigenvalue weighted by molar-refractivity contribution is 7.89. The number of hydrogen-bond acceptors (Lipinski definition) is 3. The van der Waals surface area contributed by atoms with E-state index in [4.69, 9.17) is 5.73 Å². The summed E-state index contributed by atoms with van der Waals surface area (Å²) in [6.07, 6.45) is 0.978. The lowest BCUT2D eigenvalue weighted by Gasteiger charge is -2.21. The summed E-state index contributed by atoms with van der Waals surface area (Å²) in [5.74, 6) is -1.31. The largest absolute Gasteiger partial charge is 0.368 e. The third-order valence-electron chi connectivity index (χ3n) is 2.93. The lowest BCUT2D eigenvalue weighted by Crippen LogP contribution is -2.43. The molecule has 1 aromatic rings. The van der Waals surface area contributed by atoms with Gasteiger partial charge in [-0.05, 0) is 31.0 Å². The third-order valence-corrected chi connectivity index (χ3v) is 4.84. The number of sulfonamides is 1. The Morgan fingerprint density at radius 3 is 2.78 bits per heavy atom. The first kappa shape index (κ1) is 13.0. The fourth-order valence-electron chi connectivity index (χ4n) is 2.08. The van der Waals surface area contributed by atoms with Crippen LogP contribution in [0.4, 0.5) is 4.39 Å². The van der Waals surface area contributed by atoms with Crippen molar-refractivity contribution in [3.05, 3.63) is 30.1 Å². The molecule has 5 nitrogen and oxygen atoms in total. The molecule has 1 aliphatic heterocycles. The third kappa shape index (κ3) is 2.23. The fourth-order valence-corrected chi connectivity index (χ4v) is 3.77. The molecule has 0 bridgehead atoms. The highest BCUT2D eigenvalue weighted by Gasteiger charge is 2.38. The molecule has 1 aromatic carbocycles. The van der Waals surface area contributed by atoms with Gasteiger partial charge in [0.2, 0.25) is 15.9 Å². The fraction of sp³-hybridized carbons (Fsp3) is 0.364. The van der Waals surface area contributed by atoms with Gasteiger partial charge in [0.1, 0.15) is 11.9 Å². The van der Waals surface area contributed by atoms with Crippen molar-refractivity contribution in [3.63, 3.8) is 0 Å². The molecule has 98 valence electrons. The van der Waals surface area contributed by atoms with E-state index in [1.54, 1.807) is 0 Å². The second-order valence-corrected chi connectivity index (χ2v) is 6.02. The van der Waals surface area contributed by atoms with Crippen LogP contribution in [0.5, 0.6) is 0 Å². The quantitative estimate of drug-likeness (QED) is 0.868. The molecule has 1 saturated heterocycles. The SMILES string of the molecule is NC(=O)C1CCCN1S(=O)(=O)c1cccc(F)c1. The van der Waals surface area contributed by atoms with Crippen molar-refractivity contribution < 1.29 is 17.6 Å². The van der Waals surface area contributed by atoms with Crippen LogP contribution in [0.1, 0.15) is 12.8 Å². The smallest absolute Gasteiger partial charge is 0.243 e. The molecule has 18 heavy (non-hydrogen) atoms. The molecular weight excluding hydrogens is 259 g/mol. The molecule has 1 heterocycles. The number of nitrogens with two attached hydrogens (primary N) is 1. The molecule has 0 radical (unpaired) electrons. The number of amides is 1. The average Bonchev–Trinajstić information content (AvgIpc) is 2.78. The lowest BCUT2D eigenvalue weighted by atomic mass is 10.2. The summed E-state index contributed by atoms with van der Waals surface area (Å²) in [6.45, 7) is 0.229. The molecule has 1 aliphatic rings. The van der Waals surface area contributed by atoms with Crippen molar-refractivity contribution in [1.82, 2.24) is 4.31 Å². The van der Waals surface area contributed by atoms with Crippen molar-refractivity contribution in [2.24, 2.45) is 5.73 Å². The number of carbonyl (C=O) groups excluding carboxylic acids is 1. The Hall–Kier alpha value is -1.47. The Kier molecular flexibility index (Phi) is 3.36. The zero-order valence-electron chi connectivity index (χ0n) is 9.54. The minimum absolute atomic E-state index is 0.157. The molecule has 1 atom stereocenters. The second-order valence-electron chi connectivity index (χ2n) is 4.13. The van der Waals surface area contributed by atoms with Crippen molar-refractivity contribution in [2.75, 3.05) is 6.54 Å². The van der Waals surface area contributed by atoms with E-state index in [0.29, 0.717) is 12.8 Å². The van der Waals surface area contributed by atoms with Gasteiger partial charge in [-0.1, -0.05) is 6.07 Å². The van der Waals surface area contributed by atoms with Crippen molar-refractivity contribution in [1.29, 1.82) is 0 Å². The molecule has 2 N–H and O–H groups in total. The van der Waals surface area contributed by atoms with Gasteiger partial charge in [0.15, 0.2) is 0 Å². The Bertz CT molecular complexity index is 573. The van der Waals surface area contributed by atoms with E-state index in [0.717, 1.165) is 16.4 Å². The summed E-state index contributed by atoms with van der Waals surface area (Å²) in [5.41, 5.74) is 5.17. The number of rotatable bonds is 3. The highest BCUT2D eigenvalue weighted by Crippen LogP contribution is 2.26. The summed E-state index contributed by atoms with van der Waals surface area (Å²) in [6, 6.07) is 3.88. The normalized spacial score (nSPS) is 21.1. The number of nitrogens with zero attached hydrogens (tertiary/aromatic N) is 1. The van der Waals surface area contributed by atoms with Crippen molar-refractivity contribution >= 4 is 15.9 Å². The first-order chi connectivity index (χ1) is 8.43. The number of carbonyl (C=O) groups is 1. The molecule has 7 heteroatoms. The predicted molar refractivity (Wildman–Crippen MR) is 62.5 cm³/mol. The van der Waals surface area contributed by atoms with E-state index in [1.807, 2.05) is 0 Å². The number of benzene rings is 1. The Labute approximate surface area is 104 Å². The number of hydrogen-bond donors (Lipinski definition) is 1. The topological polar surface area (TPSA) is 80.5 Å². The minimum atomic E-state index is -3.86. The van der Waals surface area contributed by atoms with Gasteiger partial charge < -0.3 is 5.73 Å². The van der Waals surface area contributed by atoms with Crippen LogP contribution in [0.15, 0.2) is 29.2 Å². The van der Waals surface area contributed by atoms with Gasteiger partial charge in [-0.25, -0.2) is 12.8 Å². The van der Waals surface area contributed by atoms with E-state index in [9.17, 15) is 17.6 Å². The first-order valence-corrected chi connectivity index (χ1v) is 6.93. The van der Waals surface area contributed by atoms with Gasteiger partial charge in [-0.15, -0.1) is 0 Å². The summed E-state index contributed by atoms with van der Waals surface area (Å²) >= 11 is 0. The van der Waals surface area contributed by atoms with Crippen LogP contribution in [-0.4, -0.2) is 31.2 Å². The van der Waals surface area contributed by atoms with Crippen LogP contribution in [0.3, 0.4) is 0 Å². The van der Waals surface area contributed by atoms with Crippen LogP contribution < -0.4 is 5.73 Å². The lowest BCUT2D eigenvalue weighted by molar-refractivity contribution is -0.121. The maximum Gasteiger partial charge on any atom is 0.243 e. The van der Waals surface area contributed by atoms with Crippen LogP contribution in [0.25, 0.3) is 0 Å². The molecule has 1 unspecified atom stereocenters. The molecule has 0 saturated carbocycles. The summed E-state index contributed by atoms with van der Waals surface area (Å²) < 4.78 is 38.6. The monoisotopic (exact) mass is 272 g/mol. The van der Waals surface area contributed by atoms with E-state index in [2.05, 4.69) is 0 Å². The van der Waals surface area contributed by atoms with Gasteiger partial charge in [-0.3, -0.25) is 4.79 Å². The van der Waals surface area contributed by atoms with E-state index < -0.39 is 27.8 Å². The van der Waals surface area contributed by atoms with E-state index in [1.165, 1.54) is 12.1 Å². The molecule has 0 spiro atoms. The number of halogens is 1. The maximum atomic E-state index is 13.1. The van der Waals surface area contributed by atoms with Crippen LogP contribution in [-0.2, 0) is 14.8 Å². The van der Waals surface area contributed by atoms with Gasteiger partial charge in [0.05, 0.1) is 4.90 Å². The second kappa shape index (κ2) is 4.66. The highest BCUT2D eigenvalue weighted by atomic mass is 32.2. The van der Waals surface area contributed by atoms with Gasteiger partial charge in [-0.2, -0.15) is 4.31 Å². The van der Waals surface area contributed by atoms with Crippen LogP contribution in [0, 0.1) is 5.82 Å². The predicted octanol–water partition coefficient (Wildman–Crippen LogP) is 0.464. The average molecular weight is 272 g/mol. The Morgan fingerprint density at radius 2 is 2.17 bits per heavy atom. The van der Waals surface area contributed by atoms with Crippen LogP contribution in [0.2, 0.25) is 0 Å².